The zero-order valence-electron chi connectivity index (χ0n) is 10.7. The van der Waals surface area contributed by atoms with Crippen molar-refractivity contribution in [3.63, 3.8) is 0 Å². The standard InChI is InChI=1S/C14H13BrCl2N2O/c1-20-13-5-3-9(16)7-10(13)14(19-18)8-2-4-11(15)12(17)6-8/h2-7,14,19H,18H2,1H3. The summed E-state index contributed by atoms with van der Waals surface area (Å²) in [6, 6.07) is 10.8. The molecule has 0 heterocycles. The summed E-state index contributed by atoms with van der Waals surface area (Å²) in [5.74, 6) is 6.40. The average Bonchev–Trinajstić information content (AvgIpc) is 2.44. The van der Waals surface area contributed by atoms with Gasteiger partial charge in [-0.25, -0.2) is 5.43 Å². The van der Waals surface area contributed by atoms with Crippen LogP contribution in [-0.4, -0.2) is 7.11 Å². The number of rotatable bonds is 4. The predicted octanol–water partition coefficient (Wildman–Crippen LogP) is 4.32. The lowest BCUT2D eigenvalue weighted by Crippen LogP contribution is -2.29. The second-order valence-electron chi connectivity index (χ2n) is 4.16. The van der Waals surface area contributed by atoms with Gasteiger partial charge < -0.3 is 4.74 Å². The number of hydrogen-bond donors (Lipinski definition) is 2. The summed E-state index contributed by atoms with van der Waals surface area (Å²) in [5, 5.41) is 1.23. The van der Waals surface area contributed by atoms with Crippen LogP contribution in [0.4, 0.5) is 0 Å². The van der Waals surface area contributed by atoms with E-state index in [4.69, 9.17) is 33.8 Å². The van der Waals surface area contributed by atoms with Crippen LogP contribution in [0.5, 0.6) is 5.75 Å². The van der Waals surface area contributed by atoms with Gasteiger partial charge in [0.25, 0.3) is 0 Å². The maximum Gasteiger partial charge on any atom is 0.124 e. The number of hydrogen-bond acceptors (Lipinski definition) is 3. The molecule has 0 radical (unpaired) electrons. The quantitative estimate of drug-likeness (QED) is 0.618. The largest absolute Gasteiger partial charge is 0.496 e. The van der Waals surface area contributed by atoms with Gasteiger partial charge in [-0.2, -0.15) is 0 Å². The molecule has 0 saturated carbocycles. The molecule has 2 aromatic rings. The topological polar surface area (TPSA) is 47.3 Å². The predicted molar refractivity (Wildman–Crippen MR) is 86.3 cm³/mol. The minimum absolute atomic E-state index is 0.269. The summed E-state index contributed by atoms with van der Waals surface area (Å²) in [4.78, 5) is 0. The van der Waals surface area contributed by atoms with Gasteiger partial charge in [-0.3, -0.25) is 5.84 Å². The second kappa shape index (κ2) is 6.78. The van der Waals surface area contributed by atoms with Gasteiger partial charge in [-0.1, -0.05) is 29.3 Å². The molecule has 3 nitrogen and oxygen atoms in total. The lowest BCUT2D eigenvalue weighted by Gasteiger charge is -2.20. The van der Waals surface area contributed by atoms with Crippen LogP contribution < -0.4 is 16.0 Å². The highest BCUT2D eigenvalue weighted by molar-refractivity contribution is 9.10. The summed E-state index contributed by atoms with van der Waals surface area (Å²) in [5.41, 5.74) is 4.54. The Balaban J connectivity index is 2.51. The molecular weight excluding hydrogens is 363 g/mol. The van der Waals surface area contributed by atoms with Crippen LogP contribution in [-0.2, 0) is 0 Å². The van der Waals surface area contributed by atoms with Crippen molar-refractivity contribution in [3.8, 4) is 5.75 Å². The third kappa shape index (κ3) is 3.27. The number of halogens is 3. The number of benzene rings is 2. The van der Waals surface area contributed by atoms with E-state index in [0.29, 0.717) is 15.8 Å². The smallest absolute Gasteiger partial charge is 0.124 e. The first-order valence-electron chi connectivity index (χ1n) is 5.81. The van der Waals surface area contributed by atoms with Crippen LogP contribution in [0.1, 0.15) is 17.2 Å². The Bertz CT molecular complexity index is 622. The van der Waals surface area contributed by atoms with Crippen molar-refractivity contribution in [2.75, 3.05) is 7.11 Å². The van der Waals surface area contributed by atoms with Crippen molar-refractivity contribution in [2.24, 2.45) is 5.84 Å². The van der Waals surface area contributed by atoms with Crippen molar-refractivity contribution >= 4 is 39.1 Å². The highest BCUT2D eigenvalue weighted by Crippen LogP contribution is 2.34. The normalized spacial score (nSPS) is 12.2. The Labute approximate surface area is 136 Å². The summed E-state index contributed by atoms with van der Waals surface area (Å²) in [6.07, 6.45) is 0. The van der Waals surface area contributed by atoms with E-state index in [1.807, 2.05) is 30.3 Å². The van der Waals surface area contributed by atoms with Gasteiger partial charge in [0.2, 0.25) is 0 Å². The molecule has 6 heteroatoms. The number of nitrogens with one attached hydrogen (secondary N) is 1. The highest BCUT2D eigenvalue weighted by Gasteiger charge is 2.18. The molecule has 1 atom stereocenters. The van der Waals surface area contributed by atoms with E-state index in [-0.39, 0.29) is 6.04 Å². The number of ether oxygens (including phenoxy) is 1. The van der Waals surface area contributed by atoms with Crippen molar-refractivity contribution in [3.05, 3.63) is 62.0 Å². The van der Waals surface area contributed by atoms with E-state index in [2.05, 4.69) is 21.4 Å². The van der Waals surface area contributed by atoms with E-state index in [0.717, 1.165) is 15.6 Å². The summed E-state index contributed by atoms with van der Waals surface area (Å²) in [7, 11) is 1.61. The second-order valence-corrected chi connectivity index (χ2v) is 5.86. The zero-order valence-corrected chi connectivity index (χ0v) is 13.8. The van der Waals surface area contributed by atoms with E-state index < -0.39 is 0 Å². The molecule has 106 valence electrons. The van der Waals surface area contributed by atoms with Gasteiger partial charge in [0.1, 0.15) is 5.75 Å². The third-order valence-electron chi connectivity index (χ3n) is 2.95. The first-order chi connectivity index (χ1) is 9.56. The van der Waals surface area contributed by atoms with Crippen molar-refractivity contribution in [1.29, 1.82) is 0 Å². The Kier molecular flexibility index (Phi) is 5.29. The highest BCUT2D eigenvalue weighted by atomic mass is 79.9. The average molecular weight is 376 g/mol. The fourth-order valence-corrected chi connectivity index (χ4v) is 2.60. The number of methoxy groups -OCH3 is 1. The molecule has 1 unspecified atom stereocenters. The van der Waals surface area contributed by atoms with Gasteiger partial charge in [-0.15, -0.1) is 0 Å². The minimum Gasteiger partial charge on any atom is -0.496 e. The Morgan fingerprint density at radius 3 is 2.55 bits per heavy atom. The molecule has 0 aliphatic rings. The fraction of sp³-hybridized carbons (Fsp3) is 0.143. The molecule has 3 N–H and O–H groups in total. The molecular formula is C14H13BrCl2N2O. The Morgan fingerprint density at radius 2 is 1.95 bits per heavy atom. The maximum absolute atomic E-state index is 6.13. The van der Waals surface area contributed by atoms with Crippen LogP contribution in [0.15, 0.2) is 40.9 Å². The minimum atomic E-state index is -0.269. The van der Waals surface area contributed by atoms with E-state index in [1.165, 1.54) is 0 Å². The number of nitrogens with two attached hydrogens (primary N) is 1. The maximum atomic E-state index is 6.13. The van der Waals surface area contributed by atoms with E-state index in [9.17, 15) is 0 Å². The molecule has 0 aliphatic carbocycles. The van der Waals surface area contributed by atoms with Crippen LogP contribution in [0.2, 0.25) is 10.0 Å². The van der Waals surface area contributed by atoms with Crippen LogP contribution in [0.25, 0.3) is 0 Å². The van der Waals surface area contributed by atoms with Gasteiger partial charge in [-0.05, 0) is 51.8 Å². The van der Waals surface area contributed by atoms with E-state index in [1.54, 1.807) is 13.2 Å². The zero-order chi connectivity index (χ0) is 14.7. The molecule has 0 aromatic heterocycles. The van der Waals surface area contributed by atoms with Crippen molar-refractivity contribution < 1.29 is 4.74 Å². The molecule has 2 rings (SSSR count). The third-order valence-corrected chi connectivity index (χ3v) is 4.41. The molecule has 0 aliphatic heterocycles. The van der Waals surface area contributed by atoms with E-state index >= 15 is 0 Å². The molecule has 2 aromatic carbocycles. The fourth-order valence-electron chi connectivity index (χ4n) is 1.99. The van der Waals surface area contributed by atoms with Gasteiger partial charge in [0.15, 0.2) is 0 Å². The molecule has 0 spiro atoms. The van der Waals surface area contributed by atoms with Gasteiger partial charge in [0, 0.05) is 15.1 Å². The Morgan fingerprint density at radius 1 is 1.20 bits per heavy atom. The number of hydrazine groups is 1. The monoisotopic (exact) mass is 374 g/mol. The summed E-state index contributed by atoms with van der Waals surface area (Å²) < 4.78 is 6.19. The first-order valence-corrected chi connectivity index (χ1v) is 7.36. The molecule has 0 saturated heterocycles. The van der Waals surface area contributed by atoms with Crippen molar-refractivity contribution in [1.82, 2.24) is 5.43 Å². The molecule has 0 fully saturated rings. The summed E-state index contributed by atoms with van der Waals surface area (Å²) in [6.45, 7) is 0. The molecule has 20 heavy (non-hydrogen) atoms. The van der Waals surface area contributed by atoms with Crippen LogP contribution in [0.3, 0.4) is 0 Å². The molecule has 0 amide bonds. The van der Waals surface area contributed by atoms with Gasteiger partial charge in [0.05, 0.1) is 18.2 Å². The lowest BCUT2D eigenvalue weighted by molar-refractivity contribution is 0.404. The van der Waals surface area contributed by atoms with Crippen molar-refractivity contribution in [2.45, 2.75) is 6.04 Å². The van der Waals surface area contributed by atoms with Crippen LogP contribution >= 0.6 is 39.1 Å². The SMILES string of the molecule is COc1ccc(Cl)cc1C(NN)c1ccc(Br)c(Cl)c1. The van der Waals surface area contributed by atoms with Crippen LogP contribution in [0, 0.1) is 0 Å². The summed E-state index contributed by atoms with van der Waals surface area (Å²) >= 11 is 15.6. The van der Waals surface area contributed by atoms with Gasteiger partial charge >= 0.3 is 0 Å². The Hall–Kier alpha value is -0.780. The molecule has 0 bridgehead atoms. The first kappa shape index (κ1) is 15.6. The lowest BCUT2D eigenvalue weighted by atomic mass is 9.98.